The Labute approximate surface area is 150 Å². The van der Waals surface area contributed by atoms with E-state index in [0.717, 1.165) is 23.2 Å². The van der Waals surface area contributed by atoms with Crippen LogP contribution in [0.4, 0.5) is 13.2 Å². The summed E-state index contributed by atoms with van der Waals surface area (Å²) < 4.78 is 44.5. The molecule has 26 heavy (non-hydrogen) atoms. The second-order valence-corrected chi connectivity index (χ2v) is 6.75. The standard InChI is InChI=1S/C19H24F3N3O/c1-23-18(25-15-7-4-6-14(12-15)19(20,21)22)24-10-9-16-11-13-5-2-3-8-17(13)26-16/h2-3,5,8,11,14-15H,4,6-7,9-10,12H2,1H3,(H2,23,24,25). The number of aliphatic imine (C=N–C) groups is 1. The van der Waals surface area contributed by atoms with Gasteiger partial charge in [0.2, 0.25) is 0 Å². The van der Waals surface area contributed by atoms with Crippen LogP contribution < -0.4 is 10.6 Å². The minimum Gasteiger partial charge on any atom is -0.461 e. The molecule has 2 aromatic rings. The van der Waals surface area contributed by atoms with E-state index in [1.807, 2.05) is 30.3 Å². The van der Waals surface area contributed by atoms with Crippen molar-refractivity contribution in [2.45, 2.75) is 44.3 Å². The molecule has 1 heterocycles. The third kappa shape index (κ3) is 4.71. The molecule has 1 aliphatic carbocycles. The Morgan fingerprint density at radius 3 is 2.81 bits per heavy atom. The number of benzene rings is 1. The van der Waals surface area contributed by atoms with Gasteiger partial charge in [-0.15, -0.1) is 0 Å². The van der Waals surface area contributed by atoms with Crippen LogP contribution >= 0.6 is 0 Å². The van der Waals surface area contributed by atoms with Crippen LogP contribution in [-0.4, -0.2) is 31.8 Å². The van der Waals surface area contributed by atoms with Crippen molar-refractivity contribution < 1.29 is 17.6 Å². The first kappa shape index (κ1) is 18.6. The fourth-order valence-electron chi connectivity index (χ4n) is 3.47. The molecule has 1 aromatic carbocycles. The number of nitrogens with zero attached hydrogens (tertiary/aromatic N) is 1. The second kappa shape index (κ2) is 8.01. The van der Waals surface area contributed by atoms with Gasteiger partial charge in [-0.25, -0.2) is 0 Å². The van der Waals surface area contributed by atoms with Crippen LogP contribution in [0, 0.1) is 5.92 Å². The summed E-state index contributed by atoms with van der Waals surface area (Å²) in [5.74, 6) is 0.181. The molecule has 0 bridgehead atoms. The molecule has 0 saturated heterocycles. The number of furan rings is 1. The van der Waals surface area contributed by atoms with Crippen LogP contribution in [0.3, 0.4) is 0 Å². The first-order valence-corrected chi connectivity index (χ1v) is 8.97. The highest BCUT2D eigenvalue weighted by molar-refractivity contribution is 5.80. The summed E-state index contributed by atoms with van der Waals surface area (Å²) in [6.07, 6.45) is -1.80. The van der Waals surface area contributed by atoms with Gasteiger partial charge < -0.3 is 15.1 Å². The van der Waals surface area contributed by atoms with Gasteiger partial charge in [0.15, 0.2) is 5.96 Å². The van der Waals surface area contributed by atoms with E-state index in [1.54, 1.807) is 7.05 Å². The van der Waals surface area contributed by atoms with Crippen molar-refractivity contribution in [3.8, 4) is 0 Å². The van der Waals surface area contributed by atoms with Crippen molar-refractivity contribution in [2.24, 2.45) is 10.9 Å². The summed E-state index contributed by atoms with van der Waals surface area (Å²) >= 11 is 0. The maximum Gasteiger partial charge on any atom is 0.391 e. The van der Waals surface area contributed by atoms with Crippen molar-refractivity contribution in [2.75, 3.05) is 13.6 Å². The van der Waals surface area contributed by atoms with Gasteiger partial charge in [-0.2, -0.15) is 13.2 Å². The molecule has 142 valence electrons. The maximum absolute atomic E-state index is 12.9. The topological polar surface area (TPSA) is 49.6 Å². The molecule has 2 N–H and O–H groups in total. The maximum atomic E-state index is 12.9. The normalized spacial score (nSPS) is 21.8. The fraction of sp³-hybridized carbons (Fsp3) is 0.526. The van der Waals surface area contributed by atoms with Crippen molar-refractivity contribution in [3.05, 3.63) is 36.1 Å². The Balaban J connectivity index is 1.48. The van der Waals surface area contributed by atoms with E-state index >= 15 is 0 Å². The summed E-state index contributed by atoms with van der Waals surface area (Å²) in [5.41, 5.74) is 0.852. The molecule has 0 amide bonds. The highest BCUT2D eigenvalue weighted by atomic mass is 19.4. The molecule has 7 heteroatoms. The lowest BCUT2D eigenvalue weighted by Crippen LogP contribution is -2.47. The van der Waals surface area contributed by atoms with Crippen LogP contribution in [0.5, 0.6) is 0 Å². The molecular formula is C19H24F3N3O. The molecule has 1 aliphatic rings. The lowest BCUT2D eigenvalue weighted by molar-refractivity contribution is -0.183. The number of hydrogen-bond acceptors (Lipinski definition) is 2. The molecule has 3 rings (SSSR count). The van der Waals surface area contributed by atoms with Gasteiger partial charge in [0.25, 0.3) is 0 Å². The van der Waals surface area contributed by atoms with E-state index in [-0.39, 0.29) is 18.9 Å². The zero-order valence-corrected chi connectivity index (χ0v) is 14.8. The summed E-state index contributed by atoms with van der Waals surface area (Å²) in [6.45, 7) is 0.592. The van der Waals surface area contributed by atoms with E-state index < -0.39 is 12.1 Å². The third-order valence-electron chi connectivity index (χ3n) is 4.84. The summed E-state index contributed by atoms with van der Waals surface area (Å²) in [4.78, 5) is 4.13. The van der Waals surface area contributed by atoms with Gasteiger partial charge in [-0.05, 0) is 31.4 Å². The van der Waals surface area contributed by atoms with Gasteiger partial charge in [-0.3, -0.25) is 4.99 Å². The molecule has 0 aliphatic heterocycles. The number of para-hydroxylation sites is 1. The minimum atomic E-state index is -4.11. The van der Waals surface area contributed by atoms with Crippen LogP contribution in [0.25, 0.3) is 11.0 Å². The second-order valence-electron chi connectivity index (χ2n) is 6.75. The van der Waals surface area contributed by atoms with E-state index in [0.29, 0.717) is 25.3 Å². The summed E-state index contributed by atoms with van der Waals surface area (Å²) in [6, 6.07) is 9.61. The number of alkyl halides is 3. The highest BCUT2D eigenvalue weighted by Crippen LogP contribution is 2.37. The van der Waals surface area contributed by atoms with Crippen LogP contribution in [0.2, 0.25) is 0 Å². The predicted octanol–water partition coefficient (Wildman–Crippen LogP) is 4.26. The molecule has 4 nitrogen and oxygen atoms in total. The average molecular weight is 367 g/mol. The van der Waals surface area contributed by atoms with E-state index in [9.17, 15) is 13.2 Å². The predicted molar refractivity (Wildman–Crippen MR) is 96.2 cm³/mol. The zero-order chi connectivity index (χ0) is 18.6. The minimum absolute atomic E-state index is 0.105. The smallest absolute Gasteiger partial charge is 0.391 e. The van der Waals surface area contributed by atoms with Gasteiger partial charge in [0.1, 0.15) is 11.3 Å². The van der Waals surface area contributed by atoms with Crippen molar-refractivity contribution >= 4 is 16.9 Å². The van der Waals surface area contributed by atoms with Crippen LogP contribution in [0.1, 0.15) is 31.4 Å². The number of nitrogens with one attached hydrogen (secondary N) is 2. The third-order valence-corrected chi connectivity index (χ3v) is 4.84. The number of halogens is 3. The zero-order valence-electron chi connectivity index (χ0n) is 14.8. The largest absolute Gasteiger partial charge is 0.461 e. The van der Waals surface area contributed by atoms with Gasteiger partial charge in [0, 0.05) is 31.4 Å². The lowest BCUT2D eigenvalue weighted by Gasteiger charge is -2.31. The SMILES string of the molecule is CN=C(NCCc1cc2ccccc2o1)NC1CCCC(C(F)(F)F)C1. The Morgan fingerprint density at radius 2 is 2.08 bits per heavy atom. The van der Waals surface area contributed by atoms with E-state index in [2.05, 4.69) is 15.6 Å². The first-order valence-electron chi connectivity index (χ1n) is 8.97. The molecule has 1 saturated carbocycles. The van der Waals surface area contributed by atoms with Crippen molar-refractivity contribution in [1.29, 1.82) is 0 Å². The monoisotopic (exact) mass is 367 g/mol. The van der Waals surface area contributed by atoms with E-state index in [1.165, 1.54) is 0 Å². The van der Waals surface area contributed by atoms with Crippen molar-refractivity contribution in [3.63, 3.8) is 0 Å². The number of guanidine groups is 1. The van der Waals surface area contributed by atoms with Gasteiger partial charge in [0.05, 0.1) is 5.92 Å². The lowest BCUT2D eigenvalue weighted by atomic mass is 9.85. The number of hydrogen-bond donors (Lipinski definition) is 2. The molecule has 2 atom stereocenters. The van der Waals surface area contributed by atoms with Crippen LogP contribution in [0.15, 0.2) is 39.7 Å². The van der Waals surface area contributed by atoms with Crippen molar-refractivity contribution in [1.82, 2.24) is 10.6 Å². The Hall–Kier alpha value is -2.18. The molecule has 1 aromatic heterocycles. The van der Waals surface area contributed by atoms with E-state index in [4.69, 9.17) is 4.42 Å². The van der Waals surface area contributed by atoms with Gasteiger partial charge in [-0.1, -0.05) is 24.6 Å². The summed E-state index contributed by atoms with van der Waals surface area (Å²) in [7, 11) is 1.63. The average Bonchev–Trinajstić information content (AvgIpc) is 3.03. The molecule has 2 unspecified atom stereocenters. The molecular weight excluding hydrogens is 343 g/mol. The van der Waals surface area contributed by atoms with Crippen LogP contribution in [-0.2, 0) is 6.42 Å². The molecule has 0 radical (unpaired) electrons. The Bertz CT molecular complexity index is 721. The number of fused-ring (bicyclic) bond motifs is 1. The fourth-order valence-corrected chi connectivity index (χ4v) is 3.47. The highest BCUT2D eigenvalue weighted by Gasteiger charge is 2.42. The van der Waals surface area contributed by atoms with Gasteiger partial charge >= 0.3 is 6.18 Å². The Kier molecular flexibility index (Phi) is 5.74. The molecule has 0 spiro atoms. The first-order chi connectivity index (χ1) is 12.5. The quantitative estimate of drug-likeness (QED) is 0.627. The Morgan fingerprint density at radius 1 is 1.27 bits per heavy atom. The summed E-state index contributed by atoms with van der Waals surface area (Å²) in [5, 5.41) is 7.35. The number of rotatable bonds is 4. The molecule has 1 fully saturated rings.